The maximum absolute atomic E-state index is 12.3. The van der Waals surface area contributed by atoms with E-state index in [-0.39, 0.29) is 16.9 Å². The summed E-state index contributed by atoms with van der Waals surface area (Å²) in [6.07, 6.45) is 4.64. The lowest BCUT2D eigenvalue weighted by atomic mass is 10.1. The first-order valence-electron chi connectivity index (χ1n) is 11.6. The van der Waals surface area contributed by atoms with Crippen molar-refractivity contribution < 1.29 is 28.2 Å². The van der Waals surface area contributed by atoms with E-state index < -0.39 is 17.5 Å². The topological polar surface area (TPSA) is 104 Å². The molecule has 0 aliphatic rings. The number of esters is 1. The molecule has 35 heavy (non-hydrogen) atoms. The minimum absolute atomic E-state index is 0.0666. The van der Waals surface area contributed by atoms with E-state index in [9.17, 15) is 14.4 Å². The molecule has 0 aliphatic carbocycles. The number of benzene rings is 2. The molecule has 0 bridgehead atoms. The molecule has 0 spiro atoms. The van der Waals surface area contributed by atoms with Crippen LogP contribution in [0.5, 0.6) is 17.2 Å². The zero-order valence-electron chi connectivity index (χ0n) is 20.1. The Morgan fingerprint density at radius 3 is 2.49 bits per heavy atom. The van der Waals surface area contributed by atoms with Crippen molar-refractivity contribution in [3.8, 4) is 17.2 Å². The molecule has 0 fully saturated rings. The van der Waals surface area contributed by atoms with Gasteiger partial charge in [0.15, 0.2) is 11.5 Å². The summed E-state index contributed by atoms with van der Waals surface area (Å²) < 4.78 is 21.8. The van der Waals surface area contributed by atoms with Crippen molar-refractivity contribution in [3.05, 3.63) is 70.1 Å². The normalized spacial score (nSPS) is 10.9. The van der Waals surface area contributed by atoms with Crippen molar-refractivity contribution >= 4 is 28.9 Å². The van der Waals surface area contributed by atoms with Crippen LogP contribution in [-0.2, 0) is 4.79 Å². The standard InChI is InChI=1S/C27H29NO7/c1-4-7-14-28-26(30)21-16-19-10-11-20(17-23(19)35-27(21)31)34-25(29)13-9-18-8-12-22(32-5-2)24(15-18)33-6-3/h8-13,15-17H,4-7,14H2,1-3H3,(H,28,30)/b13-9+. The van der Waals surface area contributed by atoms with Gasteiger partial charge >= 0.3 is 11.6 Å². The number of ether oxygens (including phenoxy) is 3. The maximum atomic E-state index is 12.3. The number of hydrogen-bond acceptors (Lipinski definition) is 7. The number of rotatable bonds is 11. The van der Waals surface area contributed by atoms with Crippen molar-refractivity contribution in [1.82, 2.24) is 5.32 Å². The molecule has 1 N–H and O–H groups in total. The van der Waals surface area contributed by atoms with Crippen LogP contribution in [0.15, 0.2) is 57.8 Å². The molecule has 1 amide bonds. The second-order valence-electron chi connectivity index (χ2n) is 7.58. The van der Waals surface area contributed by atoms with Gasteiger partial charge in [0, 0.05) is 24.1 Å². The molecule has 0 aliphatic heterocycles. The van der Waals surface area contributed by atoms with Gasteiger partial charge in [0.05, 0.1) is 13.2 Å². The van der Waals surface area contributed by atoms with Crippen LogP contribution in [0.2, 0.25) is 0 Å². The minimum atomic E-state index is -0.754. The number of hydrogen-bond donors (Lipinski definition) is 1. The summed E-state index contributed by atoms with van der Waals surface area (Å²) in [5, 5.41) is 3.24. The second kappa shape index (κ2) is 12.4. The maximum Gasteiger partial charge on any atom is 0.349 e. The molecule has 0 saturated heterocycles. The Bertz CT molecular complexity index is 1280. The number of amides is 1. The van der Waals surface area contributed by atoms with Crippen LogP contribution < -0.4 is 25.2 Å². The largest absolute Gasteiger partial charge is 0.490 e. The smallest absolute Gasteiger partial charge is 0.349 e. The van der Waals surface area contributed by atoms with E-state index in [1.54, 1.807) is 36.4 Å². The van der Waals surface area contributed by atoms with Gasteiger partial charge in [0.25, 0.3) is 5.91 Å². The fraction of sp³-hybridized carbons (Fsp3) is 0.296. The molecule has 1 heterocycles. The first-order valence-corrected chi connectivity index (χ1v) is 11.6. The summed E-state index contributed by atoms with van der Waals surface area (Å²) in [4.78, 5) is 36.8. The molecule has 0 radical (unpaired) electrons. The van der Waals surface area contributed by atoms with Crippen LogP contribution in [0.3, 0.4) is 0 Å². The summed E-state index contributed by atoms with van der Waals surface area (Å²) in [6, 6.07) is 11.5. The molecule has 3 rings (SSSR count). The Labute approximate surface area is 203 Å². The first kappa shape index (κ1) is 25.6. The van der Waals surface area contributed by atoms with Gasteiger partial charge in [-0.25, -0.2) is 9.59 Å². The summed E-state index contributed by atoms with van der Waals surface area (Å²) >= 11 is 0. The zero-order valence-corrected chi connectivity index (χ0v) is 20.1. The Morgan fingerprint density at radius 1 is 0.971 bits per heavy atom. The quantitative estimate of drug-likeness (QED) is 0.139. The van der Waals surface area contributed by atoms with Crippen LogP contribution in [0.4, 0.5) is 0 Å². The lowest BCUT2D eigenvalue weighted by Crippen LogP contribution is -2.28. The molecule has 1 aromatic heterocycles. The fourth-order valence-electron chi connectivity index (χ4n) is 3.27. The van der Waals surface area contributed by atoms with Gasteiger partial charge in [-0.1, -0.05) is 19.4 Å². The van der Waals surface area contributed by atoms with E-state index in [1.807, 2.05) is 20.8 Å². The van der Waals surface area contributed by atoms with Crippen LogP contribution >= 0.6 is 0 Å². The van der Waals surface area contributed by atoms with E-state index in [0.717, 1.165) is 18.4 Å². The third-order valence-electron chi connectivity index (χ3n) is 4.97. The molecule has 8 heteroatoms. The van der Waals surface area contributed by atoms with Gasteiger partial charge in [-0.3, -0.25) is 4.79 Å². The predicted molar refractivity (Wildman–Crippen MR) is 133 cm³/mol. The highest BCUT2D eigenvalue weighted by atomic mass is 16.5. The first-order chi connectivity index (χ1) is 16.9. The van der Waals surface area contributed by atoms with Crippen LogP contribution in [0, 0.1) is 0 Å². The number of carbonyl (C=O) groups excluding carboxylic acids is 2. The number of unbranched alkanes of at least 4 members (excludes halogenated alkanes) is 1. The summed E-state index contributed by atoms with van der Waals surface area (Å²) in [6.45, 7) is 7.26. The van der Waals surface area contributed by atoms with Gasteiger partial charge in [0.2, 0.25) is 0 Å². The van der Waals surface area contributed by atoms with Gasteiger partial charge < -0.3 is 23.9 Å². The summed E-state index contributed by atoms with van der Waals surface area (Å²) in [5.41, 5.74) is 0.129. The van der Waals surface area contributed by atoms with E-state index in [0.29, 0.717) is 36.6 Å². The molecule has 0 saturated carbocycles. The van der Waals surface area contributed by atoms with Crippen molar-refractivity contribution in [3.63, 3.8) is 0 Å². The van der Waals surface area contributed by atoms with Crippen LogP contribution in [-0.4, -0.2) is 31.6 Å². The van der Waals surface area contributed by atoms with Gasteiger partial charge in [-0.05, 0) is 62.2 Å². The molecule has 8 nitrogen and oxygen atoms in total. The average Bonchev–Trinajstić information content (AvgIpc) is 2.84. The third kappa shape index (κ3) is 6.96. The van der Waals surface area contributed by atoms with E-state index in [2.05, 4.69) is 5.32 Å². The van der Waals surface area contributed by atoms with Crippen molar-refractivity contribution in [2.45, 2.75) is 33.6 Å². The lowest BCUT2D eigenvalue weighted by Gasteiger charge is -2.11. The molecule has 0 atom stereocenters. The van der Waals surface area contributed by atoms with Crippen molar-refractivity contribution in [1.29, 1.82) is 0 Å². The molecular weight excluding hydrogens is 450 g/mol. The molecule has 2 aromatic carbocycles. The lowest BCUT2D eigenvalue weighted by molar-refractivity contribution is -0.128. The molecule has 0 unspecified atom stereocenters. The van der Waals surface area contributed by atoms with E-state index >= 15 is 0 Å². The monoisotopic (exact) mass is 479 g/mol. The summed E-state index contributed by atoms with van der Waals surface area (Å²) in [7, 11) is 0. The Morgan fingerprint density at radius 2 is 1.74 bits per heavy atom. The predicted octanol–water partition coefficient (Wildman–Crippen LogP) is 4.74. The van der Waals surface area contributed by atoms with Crippen molar-refractivity contribution in [2.75, 3.05) is 19.8 Å². The average molecular weight is 480 g/mol. The fourth-order valence-corrected chi connectivity index (χ4v) is 3.27. The Kier molecular flexibility index (Phi) is 9.06. The molecule has 3 aromatic rings. The van der Waals surface area contributed by atoms with E-state index in [4.69, 9.17) is 18.6 Å². The minimum Gasteiger partial charge on any atom is -0.490 e. The highest BCUT2D eigenvalue weighted by Crippen LogP contribution is 2.29. The van der Waals surface area contributed by atoms with Gasteiger partial charge in [0.1, 0.15) is 16.9 Å². The van der Waals surface area contributed by atoms with Gasteiger partial charge in [-0.15, -0.1) is 0 Å². The van der Waals surface area contributed by atoms with Crippen molar-refractivity contribution in [2.24, 2.45) is 0 Å². The number of carbonyl (C=O) groups is 2. The SMILES string of the molecule is CCCCNC(=O)c1cc2ccc(OC(=O)/C=C/c3ccc(OCC)c(OCC)c3)cc2oc1=O. The van der Waals surface area contributed by atoms with Gasteiger partial charge in [-0.2, -0.15) is 0 Å². The van der Waals surface area contributed by atoms with Crippen LogP contribution in [0.1, 0.15) is 49.5 Å². The molecular formula is C27H29NO7. The second-order valence-corrected chi connectivity index (χ2v) is 7.58. The Hall–Kier alpha value is -4.07. The highest BCUT2D eigenvalue weighted by molar-refractivity contribution is 5.97. The zero-order chi connectivity index (χ0) is 25.2. The Balaban J connectivity index is 1.71. The third-order valence-corrected chi connectivity index (χ3v) is 4.97. The summed E-state index contributed by atoms with van der Waals surface area (Å²) in [5.74, 6) is 0.348. The van der Waals surface area contributed by atoms with E-state index in [1.165, 1.54) is 18.2 Å². The van der Waals surface area contributed by atoms with Crippen LogP contribution in [0.25, 0.3) is 17.0 Å². The molecule has 184 valence electrons. The number of fused-ring (bicyclic) bond motifs is 1. The number of nitrogens with one attached hydrogen (secondary N) is 1. The highest BCUT2D eigenvalue weighted by Gasteiger charge is 2.14.